The number of benzene rings is 1. The molecule has 3 heteroatoms. The summed E-state index contributed by atoms with van der Waals surface area (Å²) in [5.41, 5.74) is 8.72. The van der Waals surface area contributed by atoms with Gasteiger partial charge in [-0.15, -0.1) is 11.6 Å². The van der Waals surface area contributed by atoms with Crippen molar-refractivity contribution in [2.75, 3.05) is 0 Å². The lowest BCUT2D eigenvalue weighted by Crippen LogP contribution is -2.05. The Hall–Kier alpha value is -0.730. The maximum Gasteiger partial charge on any atom is 0.173 e. The lowest BCUT2D eigenvalue weighted by molar-refractivity contribution is 0.537. The zero-order chi connectivity index (χ0) is 14.3. The van der Waals surface area contributed by atoms with Gasteiger partial charge in [0.1, 0.15) is 0 Å². The second kappa shape index (κ2) is 5.34. The molecule has 19 heavy (non-hydrogen) atoms. The fourth-order valence-corrected chi connectivity index (χ4v) is 3.65. The summed E-state index contributed by atoms with van der Waals surface area (Å²) in [6.45, 7) is 10.8. The van der Waals surface area contributed by atoms with E-state index in [2.05, 4.69) is 50.5 Å². The van der Waals surface area contributed by atoms with Crippen LogP contribution < -0.4 is 0 Å². The summed E-state index contributed by atoms with van der Waals surface area (Å²) in [5, 5.41) is -0.189. The molecule has 0 radical (unpaired) electrons. The number of furan rings is 1. The van der Waals surface area contributed by atoms with Crippen molar-refractivity contribution in [1.29, 1.82) is 0 Å². The topological polar surface area (TPSA) is 13.1 Å². The first kappa shape index (κ1) is 14.7. The molecule has 0 spiro atoms. The third-order valence-electron chi connectivity index (χ3n) is 4.23. The third-order valence-corrected chi connectivity index (χ3v) is 5.33. The number of halogens is 2. The summed E-state index contributed by atoms with van der Waals surface area (Å²) in [4.78, 5) is 0. The Balaban J connectivity index is 2.67. The summed E-state index contributed by atoms with van der Waals surface area (Å²) in [6, 6.07) is 1.92. The van der Waals surface area contributed by atoms with Gasteiger partial charge >= 0.3 is 0 Å². The molecule has 1 aromatic carbocycles. The predicted octanol–water partition coefficient (Wildman–Crippen LogP) is 5.91. The molecule has 1 unspecified atom stereocenters. The Labute approximate surface area is 128 Å². The van der Waals surface area contributed by atoms with Crippen LogP contribution in [0.25, 0.3) is 0 Å². The Morgan fingerprint density at radius 1 is 0.947 bits per heavy atom. The van der Waals surface area contributed by atoms with Gasteiger partial charge < -0.3 is 4.42 Å². The van der Waals surface area contributed by atoms with E-state index in [9.17, 15) is 0 Å². The van der Waals surface area contributed by atoms with Gasteiger partial charge in [0, 0.05) is 5.56 Å². The van der Waals surface area contributed by atoms with Crippen LogP contribution in [-0.2, 0) is 0 Å². The molecule has 1 nitrogen and oxygen atoms in total. The lowest BCUT2D eigenvalue weighted by atomic mass is 9.87. The first-order valence-corrected chi connectivity index (χ1v) is 7.53. The van der Waals surface area contributed by atoms with Gasteiger partial charge in [-0.2, -0.15) is 0 Å². The second-order valence-electron chi connectivity index (χ2n) is 5.05. The maximum absolute atomic E-state index is 6.70. The van der Waals surface area contributed by atoms with Crippen molar-refractivity contribution in [2.45, 2.75) is 40.0 Å². The molecule has 0 fully saturated rings. The number of hydrogen-bond acceptors (Lipinski definition) is 1. The molecule has 1 heterocycles. The van der Waals surface area contributed by atoms with Crippen LogP contribution in [-0.4, -0.2) is 0 Å². The fourth-order valence-electron chi connectivity index (χ4n) is 2.55. The molecule has 0 bridgehead atoms. The normalized spacial score (nSPS) is 12.8. The highest BCUT2D eigenvalue weighted by Crippen LogP contribution is 2.40. The molecule has 0 amide bonds. The van der Waals surface area contributed by atoms with Gasteiger partial charge in [-0.05, 0) is 90.0 Å². The zero-order valence-electron chi connectivity index (χ0n) is 11.9. The highest BCUT2D eigenvalue weighted by atomic mass is 79.9. The molecule has 2 rings (SSSR count). The number of alkyl halides is 1. The Morgan fingerprint density at radius 3 is 1.84 bits per heavy atom. The molecule has 2 aromatic rings. The van der Waals surface area contributed by atoms with Gasteiger partial charge in [0.25, 0.3) is 0 Å². The quantitative estimate of drug-likeness (QED) is 0.619. The average Bonchev–Trinajstić information content (AvgIpc) is 2.80. The first-order valence-electron chi connectivity index (χ1n) is 6.30. The number of hydrogen-bond donors (Lipinski definition) is 0. The van der Waals surface area contributed by atoms with Crippen LogP contribution >= 0.6 is 27.5 Å². The van der Waals surface area contributed by atoms with E-state index in [1.807, 2.05) is 6.07 Å². The fraction of sp³-hybridized carbons (Fsp3) is 0.375. The monoisotopic (exact) mass is 340 g/mol. The Bertz CT molecular complexity index is 599. The molecule has 1 atom stereocenters. The summed E-state index contributed by atoms with van der Waals surface area (Å²) >= 11 is 10.1. The lowest BCUT2D eigenvalue weighted by Gasteiger charge is -2.21. The molecule has 102 valence electrons. The molecular weight excluding hydrogens is 324 g/mol. The van der Waals surface area contributed by atoms with Gasteiger partial charge in [-0.25, -0.2) is 0 Å². The minimum Gasteiger partial charge on any atom is -0.457 e. The average molecular weight is 342 g/mol. The van der Waals surface area contributed by atoms with Crippen molar-refractivity contribution in [1.82, 2.24) is 0 Å². The van der Waals surface area contributed by atoms with Gasteiger partial charge in [-0.3, -0.25) is 0 Å². The van der Waals surface area contributed by atoms with Crippen molar-refractivity contribution in [2.24, 2.45) is 0 Å². The molecule has 0 N–H and O–H groups in total. The summed E-state index contributed by atoms with van der Waals surface area (Å²) in [6.07, 6.45) is 1.66. The Kier molecular flexibility index (Phi) is 4.12. The highest BCUT2D eigenvalue weighted by Gasteiger charge is 2.22. The van der Waals surface area contributed by atoms with Gasteiger partial charge in [0.05, 0.1) is 11.6 Å². The van der Waals surface area contributed by atoms with Gasteiger partial charge in [0.15, 0.2) is 4.67 Å². The van der Waals surface area contributed by atoms with E-state index >= 15 is 0 Å². The van der Waals surface area contributed by atoms with E-state index in [-0.39, 0.29) is 5.38 Å². The standard InChI is InChI=1S/C16H18BrClO/c1-8-9(2)11(4)14(12(5)10(8)3)15(18)13-6-7-19-16(13)17/h6-7,15H,1-5H3. The summed E-state index contributed by atoms with van der Waals surface area (Å²) in [5.74, 6) is 0. The van der Waals surface area contributed by atoms with Gasteiger partial charge in [0.2, 0.25) is 0 Å². The number of rotatable bonds is 2. The third kappa shape index (κ3) is 2.36. The zero-order valence-corrected chi connectivity index (χ0v) is 14.2. The van der Waals surface area contributed by atoms with E-state index in [0.717, 1.165) is 5.56 Å². The molecule has 0 aliphatic heterocycles. The van der Waals surface area contributed by atoms with Crippen LogP contribution in [0.5, 0.6) is 0 Å². The van der Waals surface area contributed by atoms with E-state index < -0.39 is 0 Å². The van der Waals surface area contributed by atoms with Crippen molar-refractivity contribution in [3.63, 3.8) is 0 Å². The second-order valence-corrected chi connectivity index (χ2v) is 6.21. The van der Waals surface area contributed by atoms with Crippen LogP contribution in [0.3, 0.4) is 0 Å². The largest absolute Gasteiger partial charge is 0.457 e. The van der Waals surface area contributed by atoms with Crippen molar-refractivity contribution in [3.05, 3.63) is 55.9 Å². The Morgan fingerprint density at radius 2 is 1.42 bits per heavy atom. The van der Waals surface area contributed by atoms with Crippen molar-refractivity contribution < 1.29 is 4.42 Å². The first-order chi connectivity index (χ1) is 8.86. The van der Waals surface area contributed by atoms with E-state index in [4.69, 9.17) is 16.0 Å². The van der Waals surface area contributed by atoms with Crippen LogP contribution in [0.4, 0.5) is 0 Å². The smallest absolute Gasteiger partial charge is 0.173 e. The minimum absolute atomic E-state index is 0.189. The molecule has 0 saturated heterocycles. The van der Waals surface area contributed by atoms with Crippen LogP contribution in [0.15, 0.2) is 21.4 Å². The van der Waals surface area contributed by atoms with E-state index in [1.165, 1.54) is 33.4 Å². The van der Waals surface area contributed by atoms with Crippen molar-refractivity contribution >= 4 is 27.5 Å². The van der Waals surface area contributed by atoms with Crippen LogP contribution in [0.2, 0.25) is 0 Å². The highest BCUT2D eigenvalue weighted by molar-refractivity contribution is 9.10. The summed E-state index contributed by atoms with van der Waals surface area (Å²) in [7, 11) is 0. The van der Waals surface area contributed by atoms with Crippen molar-refractivity contribution in [3.8, 4) is 0 Å². The molecule has 1 aromatic heterocycles. The maximum atomic E-state index is 6.70. The van der Waals surface area contributed by atoms with Gasteiger partial charge in [-0.1, -0.05) is 0 Å². The SMILES string of the molecule is Cc1c(C)c(C)c(C(Cl)c2ccoc2Br)c(C)c1C. The predicted molar refractivity (Wildman–Crippen MR) is 84.2 cm³/mol. The molecule has 0 aliphatic carbocycles. The van der Waals surface area contributed by atoms with Crippen LogP contribution in [0, 0.1) is 34.6 Å². The molecular formula is C16H18BrClO. The molecule has 0 aliphatic rings. The minimum atomic E-state index is -0.189. The van der Waals surface area contributed by atoms with Crippen LogP contribution in [0.1, 0.15) is 44.3 Å². The molecule has 0 saturated carbocycles. The van der Waals surface area contributed by atoms with E-state index in [0.29, 0.717) is 4.67 Å². The summed E-state index contributed by atoms with van der Waals surface area (Å²) < 4.78 is 6.01. The van der Waals surface area contributed by atoms with E-state index in [1.54, 1.807) is 6.26 Å².